The van der Waals surface area contributed by atoms with E-state index in [0.717, 1.165) is 0 Å². The average Bonchev–Trinajstić information content (AvgIpc) is 2.30. The number of aromatic amines is 1. The minimum absolute atomic E-state index is 0.0261. The van der Waals surface area contributed by atoms with E-state index in [0.29, 0.717) is 31.4 Å². The molecule has 0 saturated carbocycles. The number of morpholine rings is 1. The van der Waals surface area contributed by atoms with E-state index >= 15 is 0 Å². The number of H-pyrrole nitrogens is 1. The van der Waals surface area contributed by atoms with E-state index in [4.69, 9.17) is 16.3 Å². The van der Waals surface area contributed by atoms with E-state index in [1.54, 1.807) is 6.20 Å². The van der Waals surface area contributed by atoms with Gasteiger partial charge in [0.2, 0.25) is 0 Å². The van der Waals surface area contributed by atoms with Crippen LogP contribution in [0.25, 0.3) is 0 Å². The number of hydrogen-bond acceptors (Lipinski definition) is 4. The number of alkyl halides is 1. The predicted octanol–water partition coefficient (Wildman–Crippen LogP) is 0.214. The molecule has 2 heterocycles. The van der Waals surface area contributed by atoms with Gasteiger partial charge in [-0.25, -0.2) is 4.98 Å². The Morgan fingerprint density at radius 2 is 2.60 bits per heavy atom. The quantitative estimate of drug-likeness (QED) is 0.737. The van der Waals surface area contributed by atoms with Gasteiger partial charge in [-0.3, -0.25) is 4.79 Å². The smallest absolute Gasteiger partial charge is 0.290 e. The van der Waals surface area contributed by atoms with Gasteiger partial charge in [0.25, 0.3) is 5.56 Å². The highest BCUT2D eigenvalue weighted by molar-refractivity contribution is 6.18. The summed E-state index contributed by atoms with van der Waals surface area (Å²) in [6.45, 7) is 1.87. The molecule has 0 spiro atoms. The third-order valence-electron chi connectivity index (χ3n) is 2.30. The molecule has 1 aromatic heterocycles. The molecule has 1 aliphatic heterocycles. The summed E-state index contributed by atoms with van der Waals surface area (Å²) < 4.78 is 5.41. The summed E-state index contributed by atoms with van der Waals surface area (Å²) in [4.78, 5) is 20.0. The number of aromatic nitrogens is 2. The number of nitrogens with one attached hydrogen (secondary N) is 1. The predicted molar refractivity (Wildman–Crippen MR) is 57.5 cm³/mol. The SMILES string of the molecule is O=c1[nH]ccnc1N1CCOC(CCl)C1. The molecule has 1 unspecified atom stereocenters. The number of rotatable bonds is 2. The lowest BCUT2D eigenvalue weighted by Crippen LogP contribution is -2.45. The van der Waals surface area contributed by atoms with Crippen molar-refractivity contribution in [3.63, 3.8) is 0 Å². The van der Waals surface area contributed by atoms with Crippen molar-refractivity contribution in [2.75, 3.05) is 30.5 Å². The van der Waals surface area contributed by atoms with Crippen LogP contribution >= 0.6 is 11.6 Å². The Morgan fingerprint density at radius 1 is 1.73 bits per heavy atom. The molecular weight excluding hydrogens is 218 g/mol. The zero-order valence-electron chi connectivity index (χ0n) is 8.15. The summed E-state index contributed by atoms with van der Waals surface area (Å²) in [6, 6.07) is 0. The van der Waals surface area contributed by atoms with Crippen LogP contribution in [0.2, 0.25) is 0 Å². The second kappa shape index (κ2) is 4.63. The van der Waals surface area contributed by atoms with Gasteiger partial charge in [0.05, 0.1) is 18.6 Å². The molecule has 0 bridgehead atoms. The van der Waals surface area contributed by atoms with Crippen molar-refractivity contribution in [2.45, 2.75) is 6.10 Å². The number of ether oxygens (including phenoxy) is 1. The Morgan fingerprint density at radius 3 is 3.33 bits per heavy atom. The standard InChI is InChI=1S/C9H12ClN3O2/c10-5-7-6-13(3-4-15-7)8-9(14)12-2-1-11-8/h1-2,7H,3-6H2,(H,12,14). The van der Waals surface area contributed by atoms with Gasteiger partial charge in [0.15, 0.2) is 5.82 Å². The van der Waals surface area contributed by atoms with Crippen molar-refractivity contribution in [2.24, 2.45) is 0 Å². The van der Waals surface area contributed by atoms with Gasteiger partial charge >= 0.3 is 0 Å². The maximum absolute atomic E-state index is 11.5. The fraction of sp³-hybridized carbons (Fsp3) is 0.556. The highest BCUT2D eigenvalue weighted by atomic mass is 35.5. The second-order valence-corrected chi connectivity index (χ2v) is 3.64. The first-order valence-corrected chi connectivity index (χ1v) is 5.31. The van der Waals surface area contributed by atoms with E-state index in [1.807, 2.05) is 4.90 Å². The molecule has 6 heteroatoms. The Bertz CT molecular complexity index is 382. The molecule has 1 N–H and O–H groups in total. The summed E-state index contributed by atoms with van der Waals surface area (Å²) >= 11 is 5.71. The van der Waals surface area contributed by atoms with Crippen LogP contribution in [0.5, 0.6) is 0 Å². The molecule has 0 radical (unpaired) electrons. The van der Waals surface area contributed by atoms with Crippen molar-refractivity contribution >= 4 is 17.4 Å². The van der Waals surface area contributed by atoms with Gasteiger partial charge in [0.1, 0.15) is 0 Å². The van der Waals surface area contributed by atoms with E-state index in [2.05, 4.69) is 9.97 Å². The van der Waals surface area contributed by atoms with Crippen molar-refractivity contribution in [1.82, 2.24) is 9.97 Å². The van der Waals surface area contributed by atoms with Crippen molar-refractivity contribution < 1.29 is 4.74 Å². The average molecular weight is 230 g/mol. The summed E-state index contributed by atoms with van der Waals surface area (Å²) in [7, 11) is 0. The molecule has 0 aromatic carbocycles. The summed E-state index contributed by atoms with van der Waals surface area (Å²) in [5.41, 5.74) is -0.173. The maximum Gasteiger partial charge on any atom is 0.290 e. The molecule has 2 rings (SSSR count). The van der Waals surface area contributed by atoms with Crippen LogP contribution in [-0.2, 0) is 4.74 Å². The fourth-order valence-corrected chi connectivity index (χ4v) is 1.76. The Hall–Kier alpha value is -1.07. The van der Waals surface area contributed by atoms with Crippen molar-refractivity contribution in [3.05, 3.63) is 22.7 Å². The normalized spacial score (nSPS) is 21.7. The molecule has 1 aliphatic rings. The highest BCUT2D eigenvalue weighted by Gasteiger charge is 2.22. The molecule has 0 amide bonds. The molecule has 1 atom stereocenters. The van der Waals surface area contributed by atoms with E-state index < -0.39 is 0 Å². The van der Waals surface area contributed by atoms with E-state index in [-0.39, 0.29) is 11.7 Å². The molecular formula is C9H12ClN3O2. The fourth-order valence-electron chi connectivity index (χ4n) is 1.57. The third kappa shape index (κ3) is 2.30. The molecule has 1 fully saturated rings. The Labute approximate surface area is 92.0 Å². The largest absolute Gasteiger partial charge is 0.373 e. The third-order valence-corrected chi connectivity index (χ3v) is 2.64. The first-order chi connectivity index (χ1) is 7.31. The minimum Gasteiger partial charge on any atom is -0.373 e. The first kappa shape index (κ1) is 10.4. The molecule has 0 aliphatic carbocycles. The van der Waals surface area contributed by atoms with Crippen LogP contribution < -0.4 is 10.5 Å². The lowest BCUT2D eigenvalue weighted by Gasteiger charge is -2.32. The number of halogens is 1. The number of anilines is 1. The van der Waals surface area contributed by atoms with Crippen LogP contribution in [0.4, 0.5) is 5.82 Å². The topological polar surface area (TPSA) is 58.2 Å². The van der Waals surface area contributed by atoms with Crippen molar-refractivity contribution in [1.29, 1.82) is 0 Å². The lowest BCUT2D eigenvalue weighted by atomic mass is 10.3. The van der Waals surface area contributed by atoms with E-state index in [9.17, 15) is 4.79 Å². The lowest BCUT2D eigenvalue weighted by molar-refractivity contribution is 0.0551. The molecule has 1 aromatic rings. The molecule has 82 valence electrons. The molecule has 15 heavy (non-hydrogen) atoms. The van der Waals surface area contributed by atoms with Gasteiger partial charge in [-0.15, -0.1) is 11.6 Å². The molecule has 5 nitrogen and oxygen atoms in total. The van der Waals surface area contributed by atoms with Gasteiger partial charge in [-0.2, -0.15) is 0 Å². The molecule has 1 saturated heterocycles. The van der Waals surface area contributed by atoms with Gasteiger partial charge in [0, 0.05) is 25.5 Å². The van der Waals surface area contributed by atoms with E-state index in [1.165, 1.54) is 6.20 Å². The zero-order chi connectivity index (χ0) is 10.7. The second-order valence-electron chi connectivity index (χ2n) is 3.34. The van der Waals surface area contributed by atoms with Gasteiger partial charge in [-0.05, 0) is 0 Å². The first-order valence-electron chi connectivity index (χ1n) is 4.77. The zero-order valence-corrected chi connectivity index (χ0v) is 8.91. The number of nitrogens with zero attached hydrogens (tertiary/aromatic N) is 2. The number of hydrogen-bond donors (Lipinski definition) is 1. The van der Waals surface area contributed by atoms with Crippen LogP contribution in [-0.4, -0.2) is 41.6 Å². The van der Waals surface area contributed by atoms with Crippen LogP contribution in [0.3, 0.4) is 0 Å². The van der Waals surface area contributed by atoms with Crippen molar-refractivity contribution in [3.8, 4) is 0 Å². The summed E-state index contributed by atoms with van der Waals surface area (Å²) in [5, 5.41) is 0. The highest BCUT2D eigenvalue weighted by Crippen LogP contribution is 2.11. The summed E-state index contributed by atoms with van der Waals surface area (Å²) in [5.74, 6) is 0.872. The van der Waals surface area contributed by atoms with Gasteiger partial charge < -0.3 is 14.6 Å². The monoisotopic (exact) mass is 229 g/mol. The maximum atomic E-state index is 11.5. The van der Waals surface area contributed by atoms with Gasteiger partial charge in [-0.1, -0.05) is 0 Å². The minimum atomic E-state index is -0.173. The Balaban J connectivity index is 2.17. The Kier molecular flexibility index (Phi) is 3.23. The summed E-state index contributed by atoms with van der Waals surface area (Å²) in [6.07, 6.45) is 3.06. The van der Waals surface area contributed by atoms with Crippen LogP contribution in [0.1, 0.15) is 0 Å². The van der Waals surface area contributed by atoms with Crippen LogP contribution in [0.15, 0.2) is 17.2 Å². The van der Waals surface area contributed by atoms with Crippen LogP contribution in [0, 0.1) is 0 Å².